The second kappa shape index (κ2) is 8.86. The summed E-state index contributed by atoms with van der Waals surface area (Å²) in [6, 6.07) is 8.02. The normalized spacial score (nSPS) is 17.4. The van der Waals surface area contributed by atoms with Crippen molar-refractivity contribution < 1.29 is 18.3 Å². The van der Waals surface area contributed by atoms with E-state index in [0.717, 1.165) is 30.8 Å². The lowest BCUT2D eigenvalue weighted by Gasteiger charge is -2.25. The van der Waals surface area contributed by atoms with Crippen LogP contribution in [-0.4, -0.2) is 47.7 Å². The molecule has 1 unspecified atom stereocenters. The van der Waals surface area contributed by atoms with Crippen molar-refractivity contribution in [1.29, 1.82) is 0 Å². The number of pyridine rings is 1. The van der Waals surface area contributed by atoms with Crippen LogP contribution in [0.3, 0.4) is 0 Å². The van der Waals surface area contributed by atoms with E-state index < -0.39 is 17.8 Å². The first-order valence-corrected chi connectivity index (χ1v) is 9.63. The standard InChI is InChI=1S/C19H20Cl2F3N3O/c20-15-4-1-3-13(9-15)17(28)12-26-5-2-6-27(8-7-26)18-16(21)10-14(11-25-18)19(22,23)24/h1,3-4,9-11,17,28H,2,5-8,12H2. The first-order chi connectivity index (χ1) is 13.2. The fourth-order valence-corrected chi connectivity index (χ4v) is 3.73. The van der Waals surface area contributed by atoms with Crippen molar-refractivity contribution in [3.8, 4) is 0 Å². The molecule has 0 spiro atoms. The van der Waals surface area contributed by atoms with E-state index in [2.05, 4.69) is 9.88 Å². The number of rotatable bonds is 4. The Morgan fingerprint density at radius 2 is 1.89 bits per heavy atom. The van der Waals surface area contributed by atoms with Gasteiger partial charge < -0.3 is 10.0 Å². The molecule has 0 amide bonds. The number of hydrogen-bond donors (Lipinski definition) is 1. The average Bonchev–Trinajstić information content (AvgIpc) is 2.86. The summed E-state index contributed by atoms with van der Waals surface area (Å²) in [7, 11) is 0. The molecule has 0 saturated carbocycles. The van der Waals surface area contributed by atoms with Crippen molar-refractivity contribution in [3.05, 3.63) is 57.7 Å². The molecule has 3 rings (SSSR count). The van der Waals surface area contributed by atoms with Gasteiger partial charge in [0.1, 0.15) is 5.82 Å². The summed E-state index contributed by atoms with van der Waals surface area (Å²) < 4.78 is 38.4. The number of benzene rings is 1. The maximum absolute atomic E-state index is 12.8. The zero-order valence-electron chi connectivity index (χ0n) is 15.0. The van der Waals surface area contributed by atoms with Gasteiger partial charge in [-0.15, -0.1) is 0 Å². The van der Waals surface area contributed by atoms with Crippen molar-refractivity contribution >= 4 is 29.0 Å². The highest BCUT2D eigenvalue weighted by Gasteiger charge is 2.32. The van der Waals surface area contributed by atoms with Crippen LogP contribution < -0.4 is 4.90 Å². The van der Waals surface area contributed by atoms with E-state index in [0.29, 0.717) is 37.0 Å². The molecular formula is C19H20Cl2F3N3O. The molecule has 1 aromatic heterocycles. The van der Waals surface area contributed by atoms with Gasteiger partial charge in [-0.25, -0.2) is 4.98 Å². The van der Waals surface area contributed by atoms with Crippen LogP contribution >= 0.6 is 23.2 Å². The Bertz CT molecular complexity index is 819. The van der Waals surface area contributed by atoms with Crippen molar-refractivity contribution in [1.82, 2.24) is 9.88 Å². The number of anilines is 1. The Morgan fingerprint density at radius 1 is 1.11 bits per heavy atom. The van der Waals surface area contributed by atoms with E-state index in [1.165, 1.54) is 0 Å². The average molecular weight is 434 g/mol. The highest BCUT2D eigenvalue weighted by atomic mass is 35.5. The van der Waals surface area contributed by atoms with Crippen molar-refractivity contribution in [2.75, 3.05) is 37.6 Å². The maximum Gasteiger partial charge on any atom is 0.417 e. The SMILES string of the molecule is OC(CN1CCCN(c2ncc(C(F)(F)F)cc2Cl)CC1)c1cccc(Cl)c1. The van der Waals surface area contributed by atoms with Crippen molar-refractivity contribution in [3.63, 3.8) is 0 Å². The summed E-state index contributed by atoms with van der Waals surface area (Å²) in [6.45, 7) is 3.02. The molecule has 152 valence electrons. The lowest BCUT2D eigenvalue weighted by atomic mass is 10.1. The summed E-state index contributed by atoms with van der Waals surface area (Å²) in [5.74, 6) is 0.354. The molecule has 1 atom stereocenters. The van der Waals surface area contributed by atoms with Gasteiger partial charge in [0.2, 0.25) is 0 Å². The first kappa shape index (κ1) is 21.2. The molecule has 1 N–H and O–H groups in total. The third kappa shape index (κ3) is 5.29. The van der Waals surface area contributed by atoms with Crippen LogP contribution in [0.15, 0.2) is 36.5 Å². The van der Waals surface area contributed by atoms with Gasteiger partial charge in [-0.1, -0.05) is 35.3 Å². The smallest absolute Gasteiger partial charge is 0.387 e. The number of hydrogen-bond acceptors (Lipinski definition) is 4. The third-order valence-electron chi connectivity index (χ3n) is 4.70. The van der Waals surface area contributed by atoms with Crippen LogP contribution in [0.5, 0.6) is 0 Å². The Labute approximate surface area is 171 Å². The van der Waals surface area contributed by atoms with Crippen molar-refractivity contribution in [2.24, 2.45) is 0 Å². The molecule has 2 aromatic rings. The van der Waals surface area contributed by atoms with Crippen LogP contribution in [0, 0.1) is 0 Å². The van der Waals surface area contributed by atoms with Crippen LogP contribution in [0.1, 0.15) is 23.7 Å². The summed E-state index contributed by atoms with van der Waals surface area (Å²) >= 11 is 12.0. The monoisotopic (exact) mass is 433 g/mol. The number of β-amino-alcohol motifs (C(OH)–C–C–N with tert-alkyl or cyclic N) is 1. The predicted molar refractivity (Wildman–Crippen MR) is 104 cm³/mol. The predicted octanol–water partition coefficient (Wildman–Crippen LogP) is 4.65. The van der Waals surface area contributed by atoms with Crippen LogP contribution in [0.2, 0.25) is 10.0 Å². The largest absolute Gasteiger partial charge is 0.417 e. The van der Waals surface area contributed by atoms with Crippen LogP contribution in [0.4, 0.5) is 19.0 Å². The Kier molecular flexibility index (Phi) is 6.70. The van der Waals surface area contributed by atoms with Crippen molar-refractivity contribution in [2.45, 2.75) is 18.7 Å². The number of aliphatic hydroxyl groups excluding tert-OH is 1. The van der Waals surface area contributed by atoms with Gasteiger partial charge in [0.25, 0.3) is 0 Å². The van der Waals surface area contributed by atoms with Crippen LogP contribution in [-0.2, 0) is 6.18 Å². The van der Waals surface area contributed by atoms with Gasteiger partial charge in [0.05, 0.1) is 16.7 Å². The molecule has 2 heterocycles. The molecule has 0 aliphatic carbocycles. The Hall–Kier alpha value is -1.54. The molecule has 1 aromatic carbocycles. The molecule has 0 radical (unpaired) electrons. The summed E-state index contributed by atoms with van der Waals surface area (Å²) in [6.07, 6.45) is -3.55. The van der Waals surface area contributed by atoms with Gasteiger partial charge in [-0.3, -0.25) is 4.90 Å². The first-order valence-electron chi connectivity index (χ1n) is 8.87. The topological polar surface area (TPSA) is 39.6 Å². The third-order valence-corrected chi connectivity index (χ3v) is 5.21. The second-order valence-corrected chi connectivity index (χ2v) is 7.58. The minimum absolute atomic E-state index is 0.0118. The number of nitrogens with zero attached hydrogens (tertiary/aromatic N) is 3. The van der Waals surface area contributed by atoms with E-state index in [4.69, 9.17) is 23.2 Å². The Morgan fingerprint density at radius 3 is 2.57 bits per heavy atom. The van der Waals surface area contributed by atoms with Gasteiger partial charge in [0.15, 0.2) is 0 Å². The fraction of sp³-hybridized carbons (Fsp3) is 0.421. The zero-order valence-corrected chi connectivity index (χ0v) is 16.5. The molecule has 9 heteroatoms. The van der Waals surface area contributed by atoms with Gasteiger partial charge in [0, 0.05) is 43.9 Å². The minimum Gasteiger partial charge on any atom is -0.387 e. The molecule has 4 nitrogen and oxygen atoms in total. The van der Waals surface area contributed by atoms with Crippen LogP contribution in [0.25, 0.3) is 0 Å². The Balaban J connectivity index is 1.63. The molecular weight excluding hydrogens is 414 g/mol. The minimum atomic E-state index is -4.47. The summed E-state index contributed by atoms with van der Waals surface area (Å²) in [5.41, 5.74) is -0.108. The van der Waals surface area contributed by atoms with Gasteiger partial charge in [-0.2, -0.15) is 13.2 Å². The van der Waals surface area contributed by atoms with E-state index in [1.807, 2.05) is 11.0 Å². The maximum atomic E-state index is 12.8. The fourth-order valence-electron chi connectivity index (χ4n) is 3.25. The summed E-state index contributed by atoms with van der Waals surface area (Å²) in [5, 5.41) is 11.0. The highest BCUT2D eigenvalue weighted by Crippen LogP contribution is 2.33. The highest BCUT2D eigenvalue weighted by molar-refractivity contribution is 6.33. The number of aliphatic hydroxyl groups is 1. The molecule has 1 saturated heterocycles. The van der Waals surface area contributed by atoms with E-state index in [9.17, 15) is 18.3 Å². The number of alkyl halides is 3. The summed E-state index contributed by atoms with van der Waals surface area (Å²) in [4.78, 5) is 7.94. The molecule has 0 bridgehead atoms. The number of aromatic nitrogens is 1. The molecule has 28 heavy (non-hydrogen) atoms. The molecule has 1 aliphatic rings. The van der Waals surface area contributed by atoms with E-state index in [1.54, 1.807) is 18.2 Å². The van der Waals surface area contributed by atoms with E-state index >= 15 is 0 Å². The van der Waals surface area contributed by atoms with Gasteiger partial charge >= 0.3 is 6.18 Å². The van der Waals surface area contributed by atoms with E-state index in [-0.39, 0.29) is 5.02 Å². The zero-order chi connectivity index (χ0) is 20.3. The quantitative estimate of drug-likeness (QED) is 0.761. The molecule has 1 fully saturated rings. The number of halogens is 5. The lowest BCUT2D eigenvalue weighted by molar-refractivity contribution is -0.137. The second-order valence-electron chi connectivity index (χ2n) is 6.74. The molecule has 1 aliphatic heterocycles. The van der Waals surface area contributed by atoms with Gasteiger partial charge in [-0.05, 0) is 30.2 Å². The lowest BCUT2D eigenvalue weighted by Crippen LogP contribution is -2.33.